The first kappa shape index (κ1) is 14.4. The molecule has 2 aromatic carbocycles. The van der Waals surface area contributed by atoms with Crippen LogP contribution < -0.4 is 0 Å². The Hall–Kier alpha value is -1.56. The highest BCUT2D eigenvalue weighted by Crippen LogP contribution is 2.39. The van der Waals surface area contributed by atoms with Crippen LogP contribution in [-0.2, 0) is 19.3 Å². The average Bonchev–Trinajstić information content (AvgIpc) is 2.90. The van der Waals surface area contributed by atoms with Crippen LogP contribution in [0.25, 0.3) is 11.1 Å². The van der Waals surface area contributed by atoms with Crippen molar-refractivity contribution < 1.29 is 0 Å². The molecule has 0 N–H and O–H groups in total. The lowest BCUT2D eigenvalue weighted by Crippen LogP contribution is -1.99. The summed E-state index contributed by atoms with van der Waals surface area (Å²) in [6.45, 7) is 4.58. The molecule has 1 aliphatic carbocycles. The van der Waals surface area contributed by atoms with Gasteiger partial charge in [0.25, 0.3) is 0 Å². The molecule has 0 atom stereocenters. The Labute approximate surface area is 129 Å². The molecule has 3 rings (SSSR count). The van der Waals surface area contributed by atoms with Crippen molar-refractivity contribution in [3.63, 3.8) is 0 Å². The highest BCUT2D eigenvalue weighted by molar-refractivity contribution is 5.78. The summed E-state index contributed by atoms with van der Waals surface area (Å²) in [7, 11) is 0. The lowest BCUT2D eigenvalue weighted by molar-refractivity contribution is 0.663. The molecule has 110 valence electrons. The summed E-state index contributed by atoms with van der Waals surface area (Å²) in [5.74, 6) is 0. The molecule has 1 aliphatic rings. The van der Waals surface area contributed by atoms with Gasteiger partial charge >= 0.3 is 0 Å². The first-order valence-electron chi connectivity index (χ1n) is 8.57. The van der Waals surface area contributed by atoms with E-state index < -0.39 is 0 Å². The van der Waals surface area contributed by atoms with E-state index >= 15 is 0 Å². The van der Waals surface area contributed by atoms with E-state index in [0.717, 1.165) is 12.8 Å². The largest absolute Gasteiger partial charge is 0.0654 e. The van der Waals surface area contributed by atoms with Crippen molar-refractivity contribution in [3.8, 4) is 11.1 Å². The molecule has 0 unspecified atom stereocenters. The van der Waals surface area contributed by atoms with Gasteiger partial charge in [0.2, 0.25) is 0 Å². The van der Waals surface area contributed by atoms with Crippen molar-refractivity contribution in [1.29, 1.82) is 0 Å². The summed E-state index contributed by atoms with van der Waals surface area (Å²) < 4.78 is 0. The minimum Gasteiger partial charge on any atom is -0.0654 e. The van der Waals surface area contributed by atoms with Crippen LogP contribution in [0.15, 0.2) is 36.4 Å². The quantitative estimate of drug-likeness (QED) is 0.489. The third-order valence-electron chi connectivity index (χ3n) is 4.86. The highest BCUT2D eigenvalue weighted by Gasteiger charge is 2.21. The molecular formula is C21H26. The Morgan fingerprint density at radius 2 is 1.71 bits per heavy atom. The molecule has 0 saturated carbocycles. The Balaban J connectivity index is 1.92. The number of aryl methyl sites for hydroxylation is 1. The van der Waals surface area contributed by atoms with Crippen LogP contribution >= 0.6 is 0 Å². The molecule has 0 amide bonds. The second-order valence-electron chi connectivity index (χ2n) is 6.23. The van der Waals surface area contributed by atoms with Gasteiger partial charge in [-0.05, 0) is 59.1 Å². The van der Waals surface area contributed by atoms with Gasteiger partial charge in [0.15, 0.2) is 0 Å². The molecule has 0 radical (unpaired) electrons. The van der Waals surface area contributed by atoms with E-state index in [1.54, 1.807) is 16.7 Å². The Bertz CT molecular complexity index is 622. The number of fused-ring (bicyclic) bond motifs is 3. The molecule has 0 heteroatoms. The molecule has 2 aromatic rings. The zero-order valence-electron chi connectivity index (χ0n) is 13.4. The van der Waals surface area contributed by atoms with Crippen molar-refractivity contribution >= 4 is 0 Å². The highest BCUT2D eigenvalue weighted by atomic mass is 14.3. The molecule has 0 aliphatic heterocycles. The van der Waals surface area contributed by atoms with Crippen molar-refractivity contribution in [2.75, 3.05) is 0 Å². The number of rotatable bonds is 6. The number of hydrogen-bond acceptors (Lipinski definition) is 0. The summed E-state index contributed by atoms with van der Waals surface area (Å²) in [5, 5.41) is 0. The molecule has 21 heavy (non-hydrogen) atoms. The summed E-state index contributed by atoms with van der Waals surface area (Å²) >= 11 is 0. The zero-order valence-corrected chi connectivity index (χ0v) is 13.4. The molecule has 0 nitrogen and oxygen atoms in total. The maximum atomic E-state index is 2.37. The van der Waals surface area contributed by atoms with Crippen LogP contribution in [0.1, 0.15) is 61.8 Å². The third-order valence-corrected chi connectivity index (χ3v) is 4.86. The van der Waals surface area contributed by atoms with Crippen LogP contribution in [0.3, 0.4) is 0 Å². The normalized spacial score (nSPS) is 12.3. The third kappa shape index (κ3) is 2.77. The van der Waals surface area contributed by atoms with Crippen LogP contribution in [0.5, 0.6) is 0 Å². The smallest absolute Gasteiger partial charge is 0.00106 e. The van der Waals surface area contributed by atoms with Gasteiger partial charge in [-0.2, -0.15) is 0 Å². The standard InChI is InChI=1S/C21H26/c1-3-5-6-7-11-18-16(4-2)13-14-20-19-12-9-8-10-17(19)15-21(18)20/h8-10,12-14H,3-7,11,15H2,1-2H3. The summed E-state index contributed by atoms with van der Waals surface area (Å²) in [6, 6.07) is 13.6. The van der Waals surface area contributed by atoms with E-state index in [1.165, 1.54) is 48.8 Å². The molecule has 0 saturated heterocycles. The van der Waals surface area contributed by atoms with Gasteiger partial charge < -0.3 is 0 Å². The Morgan fingerprint density at radius 1 is 0.857 bits per heavy atom. The lowest BCUT2D eigenvalue weighted by Gasteiger charge is -2.14. The number of hydrogen-bond donors (Lipinski definition) is 0. The van der Waals surface area contributed by atoms with Gasteiger partial charge in [0.1, 0.15) is 0 Å². The SMILES string of the molecule is CCCCCCc1c(CC)ccc2c1Cc1ccccc1-2. The fraction of sp³-hybridized carbons (Fsp3) is 0.429. The van der Waals surface area contributed by atoms with E-state index in [-0.39, 0.29) is 0 Å². The maximum absolute atomic E-state index is 2.37. The van der Waals surface area contributed by atoms with Crippen molar-refractivity contribution in [2.45, 2.75) is 58.8 Å². The van der Waals surface area contributed by atoms with E-state index in [2.05, 4.69) is 50.2 Å². The minimum atomic E-state index is 1.14. The van der Waals surface area contributed by atoms with Crippen LogP contribution in [-0.4, -0.2) is 0 Å². The Kier molecular flexibility index (Phi) is 4.43. The number of unbranched alkanes of at least 4 members (excludes halogenated alkanes) is 3. The lowest BCUT2D eigenvalue weighted by atomic mass is 9.91. The molecule has 0 aromatic heterocycles. The van der Waals surface area contributed by atoms with E-state index in [9.17, 15) is 0 Å². The average molecular weight is 278 g/mol. The summed E-state index contributed by atoms with van der Waals surface area (Å²) in [4.78, 5) is 0. The van der Waals surface area contributed by atoms with Crippen LogP contribution in [0.4, 0.5) is 0 Å². The van der Waals surface area contributed by atoms with E-state index in [1.807, 2.05) is 0 Å². The van der Waals surface area contributed by atoms with Gasteiger partial charge in [-0.1, -0.05) is 69.5 Å². The van der Waals surface area contributed by atoms with Gasteiger partial charge in [0, 0.05) is 0 Å². The maximum Gasteiger partial charge on any atom is -0.00106 e. The van der Waals surface area contributed by atoms with E-state index in [4.69, 9.17) is 0 Å². The van der Waals surface area contributed by atoms with Crippen LogP contribution in [0, 0.1) is 0 Å². The van der Waals surface area contributed by atoms with Crippen LogP contribution in [0.2, 0.25) is 0 Å². The molecular weight excluding hydrogens is 252 g/mol. The summed E-state index contributed by atoms with van der Waals surface area (Å²) in [6.07, 6.45) is 8.97. The van der Waals surface area contributed by atoms with E-state index in [0.29, 0.717) is 0 Å². The molecule has 0 fully saturated rings. The molecule has 0 bridgehead atoms. The second-order valence-corrected chi connectivity index (χ2v) is 6.23. The van der Waals surface area contributed by atoms with Gasteiger partial charge in [0.05, 0.1) is 0 Å². The van der Waals surface area contributed by atoms with Gasteiger partial charge in [-0.25, -0.2) is 0 Å². The van der Waals surface area contributed by atoms with Crippen molar-refractivity contribution in [1.82, 2.24) is 0 Å². The predicted molar refractivity (Wildman–Crippen MR) is 91.9 cm³/mol. The predicted octanol–water partition coefficient (Wildman–Crippen LogP) is 5.94. The van der Waals surface area contributed by atoms with Crippen molar-refractivity contribution in [2.24, 2.45) is 0 Å². The van der Waals surface area contributed by atoms with Gasteiger partial charge in [-0.15, -0.1) is 0 Å². The minimum absolute atomic E-state index is 1.14. The number of benzene rings is 2. The monoisotopic (exact) mass is 278 g/mol. The zero-order chi connectivity index (χ0) is 14.7. The fourth-order valence-electron chi connectivity index (χ4n) is 3.69. The second kappa shape index (κ2) is 6.47. The van der Waals surface area contributed by atoms with Gasteiger partial charge in [-0.3, -0.25) is 0 Å². The topological polar surface area (TPSA) is 0 Å². The summed E-state index contributed by atoms with van der Waals surface area (Å²) in [5.41, 5.74) is 9.31. The first-order valence-corrected chi connectivity index (χ1v) is 8.57. The molecule has 0 heterocycles. The molecule has 0 spiro atoms. The first-order chi connectivity index (χ1) is 10.3. The van der Waals surface area contributed by atoms with Crippen molar-refractivity contribution in [3.05, 3.63) is 58.7 Å². The fourth-order valence-corrected chi connectivity index (χ4v) is 3.69. The Morgan fingerprint density at radius 3 is 2.52 bits per heavy atom.